The number of hydrogen-bond donors (Lipinski definition) is 1. The average Bonchev–Trinajstić information content (AvgIpc) is 1.56. The standard InChI is InChI=1S/C6H11F4N/c1-5(2,11)3-6(9,10)4(7)8/h4H,3,11H2,1-2H3. The van der Waals surface area contributed by atoms with Gasteiger partial charge in [-0.05, 0) is 13.8 Å². The lowest BCUT2D eigenvalue weighted by Crippen LogP contribution is -2.42. The van der Waals surface area contributed by atoms with E-state index in [1.807, 2.05) is 0 Å². The van der Waals surface area contributed by atoms with Crippen molar-refractivity contribution in [3.8, 4) is 0 Å². The van der Waals surface area contributed by atoms with E-state index in [0.29, 0.717) is 0 Å². The second-order valence-electron chi connectivity index (χ2n) is 3.23. The van der Waals surface area contributed by atoms with Crippen LogP contribution in [0.3, 0.4) is 0 Å². The van der Waals surface area contributed by atoms with Gasteiger partial charge in [0, 0.05) is 12.0 Å². The molecular formula is C6H11F4N. The Labute approximate surface area is 62.6 Å². The van der Waals surface area contributed by atoms with Crippen LogP contribution < -0.4 is 5.73 Å². The van der Waals surface area contributed by atoms with Gasteiger partial charge < -0.3 is 5.73 Å². The fourth-order valence-corrected chi connectivity index (χ4v) is 0.685. The molecule has 0 bridgehead atoms. The van der Waals surface area contributed by atoms with Crippen molar-refractivity contribution >= 4 is 0 Å². The summed E-state index contributed by atoms with van der Waals surface area (Å²) in [7, 11) is 0. The molecule has 5 heteroatoms. The fourth-order valence-electron chi connectivity index (χ4n) is 0.685. The number of rotatable bonds is 3. The monoisotopic (exact) mass is 173 g/mol. The van der Waals surface area contributed by atoms with E-state index in [1.165, 1.54) is 13.8 Å². The van der Waals surface area contributed by atoms with E-state index in [4.69, 9.17) is 5.73 Å². The molecule has 0 aromatic heterocycles. The molecule has 0 aliphatic carbocycles. The third kappa shape index (κ3) is 4.19. The smallest absolute Gasteiger partial charge is 0.309 e. The molecule has 0 spiro atoms. The Hall–Kier alpha value is -0.320. The predicted octanol–water partition coefficient (Wildman–Crippen LogP) is 2.01. The summed E-state index contributed by atoms with van der Waals surface area (Å²) in [5.41, 5.74) is 3.88. The zero-order valence-corrected chi connectivity index (χ0v) is 6.37. The van der Waals surface area contributed by atoms with Gasteiger partial charge >= 0.3 is 12.3 Å². The number of halogens is 4. The predicted molar refractivity (Wildman–Crippen MR) is 33.8 cm³/mol. The molecule has 0 aliphatic rings. The van der Waals surface area contributed by atoms with Gasteiger partial charge in [0.15, 0.2) is 0 Å². The fraction of sp³-hybridized carbons (Fsp3) is 1.00. The van der Waals surface area contributed by atoms with Crippen molar-refractivity contribution in [2.45, 2.75) is 38.2 Å². The first-order valence-corrected chi connectivity index (χ1v) is 3.10. The Morgan fingerprint density at radius 2 is 1.64 bits per heavy atom. The minimum Gasteiger partial charge on any atom is -0.325 e. The van der Waals surface area contributed by atoms with Gasteiger partial charge in [0.2, 0.25) is 0 Å². The van der Waals surface area contributed by atoms with Crippen LogP contribution in [0.15, 0.2) is 0 Å². The van der Waals surface area contributed by atoms with Crippen molar-refractivity contribution in [2.75, 3.05) is 0 Å². The first kappa shape index (κ1) is 10.7. The SMILES string of the molecule is CC(C)(N)CC(F)(F)C(F)F. The number of hydrogen-bond acceptors (Lipinski definition) is 1. The Balaban J connectivity index is 4.13. The third-order valence-electron chi connectivity index (χ3n) is 1.01. The van der Waals surface area contributed by atoms with Crippen molar-refractivity contribution in [1.82, 2.24) is 0 Å². The van der Waals surface area contributed by atoms with Gasteiger partial charge in [-0.15, -0.1) is 0 Å². The molecule has 1 nitrogen and oxygen atoms in total. The number of alkyl halides is 4. The molecule has 0 fully saturated rings. The summed E-state index contributed by atoms with van der Waals surface area (Å²) in [5, 5.41) is 0. The van der Waals surface area contributed by atoms with Gasteiger partial charge in [0.1, 0.15) is 0 Å². The maximum Gasteiger partial charge on any atom is 0.309 e. The largest absolute Gasteiger partial charge is 0.325 e. The van der Waals surface area contributed by atoms with Crippen LogP contribution in [0.4, 0.5) is 17.6 Å². The maximum atomic E-state index is 12.2. The summed E-state index contributed by atoms with van der Waals surface area (Å²) < 4.78 is 47.5. The van der Waals surface area contributed by atoms with Gasteiger partial charge in [-0.3, -0.25) is 0 Å². The lowest BCUT2D eigenvalue weighted by molar-refractivity contribution is -0.141. The van der Waals surface area contributed by atoms with Gasteiger partial charge in [-0.1, -0.05) is 0 Å². The van der Waals surface area contributed by atoms with Crippen LogP contribution >= 0.6 is 0 Å². The van der Waals surface area contributed by atoms with Gasteiger partial charge in [-0.2, -0.15) is 0 Å². The van der Waals surface area contributed by atoms with E-state index in [2.05, 4.69) is 0 Å². The molecule has 0 radical (unpaired) electrons. The normalized spacial score (nSPS) is 14.2. The summed E-state index contributed by atoms with van der Waals surface area (Å²) in [6.45, 7) is 2.56. The van der Waals surface area contributed by atoms with Crippen molar-refractivity contribution in [3.63, 3.8) is 0 Å². The summed E-state index contributed by atoms with van der Waals surface area (Å²) in [6.07, 6.45) is -4.64. The van der Waals surface area contributed by atoms with Crippen molar-refractivity contribution in [2.24, 2.45) is 5.73 Å². The minimum absolute atomic E-state index is 1.00. The summed E-state index contributed by atoms with van der Waals surface area (Å²) in [4.78, 5) is 0. The molecule has 2 N–H and O–H groups in total. The first-order chi connectivity index (χ1) is 4.65. The second-order valence-corrected chi connectivity index (χ2v) is 3.23. The highest BCUT2D eigenvalue weighted by Crippen LogP contribution is 2.30. The quantitative estimate of drug-likeness (QED) is 0.649. The van der Waals surface area contributed by atoms with Crippen molar-refractivity contribution < 1.29 is 17.6 Å². The maximum absolute atomic E-state index is 12.2. The van der Waals surface area contributed by atoms with Gasteiger partial charge in [-0.25, -0.2) is 17.6 Å². The molecule has 0 saturated carbocycles. The van der Waals surface area contributed by atoms with Crippen LogP contribution in [-0.4, -0.2) is 17.9 Å². The van der Waals surface area contributed by atoms with Gasteiger partial charge in [0.05, 0.1) is 0 Å². The van der Waals surface area contributed by atoms with Crippen LogP contribution in [0.5, 0.6) is 0 Å². The molecule has 0 aromatic rings. The zero-order valence-electron chi connectivity index (χ0n) is 6.37. The lowest BCUT2D eigenvalue weighted by Gasteiger charge is -2.24. The summed E-state index contributed by atoms with van der Waals surface area (Å²) >= 11 is 0. The van der Waals surface area contributed by atoms with Crippen LogP contribution in [-0.2, 0) is 0 Å². The molecule has 0 heterocycles. The van der Waals surface area contributed by atoms with Crippen LogP contribution in [0.2, 0.25) is 0 Å². The van der Waals surface area contributed by atoms with E-state index in [0.717, 1.165) is 0 Å². The van der Waals surface area contributed by atoms with Crippen molar-refractivity contribution in [1.29, 1.82) is 0 Å². The highest BCUT2D eigenvalue weighted by atomic mass is 19.3. The Morgan fingerprint density at radius 3 is 1.73 bits per heavy atom. The average molecular weight is 173 g/mol. The van der Waals surface area contributed by atoms with Crippen LogP contribution in [0.25, 0.3) is 0 Å². The molecule has 0 saturated heterocycles. The zero-order chi connectivity index (χ0) is 9.28. The molecule has 0 unspecified atom stereocenters. The first-order valence-electron chi connectivity index (χ1n) is 3.10. The van der Waals surface area contributed by atoms with E-state index in [-0.39, 0.29) is 0 Å². The highest BCUT2D eigenvalue weighted by Gasteiger charge is 2.43. The topological polar surface area (TPSA) is 26.0 Å². The van der Waals surface area contributed by atoms with E-state index < -0.39 is 24.3 Å². The minimum atomic E-state index is -3.97. The summed E-state index contributed by atoms with van der Waals surface area (Å²) in [5.74, 6) is -3.97. The van der Waals surface area contributed by atoms with E-state index >= 15 is 0 Å². The molecular weight excluding hydrogens is 162 g/mol. The van der Waals surface area contributed by atoms with Crippen LogP contribution in [0.1, 0.15) is 20.3 Å². The molecule has 11 heavy (non-hydrogen) atoms. The van der Waals surface area contributed by atoms with Gasteiger partial charge in [0.25, 0.3) is 0 Å². The van der Waals surface area contributed by atoms with Crippen LogP contribution in [0, 0.1) is 0 Å². The molecule has 0 rings (SSSR count). The van der Waals surface area contributed by atoms with E-state index in [9.17, 15) is 17.6 Å². The molecule has 0 aliphatic heterocycles. The molecule has 68 valence electrons. The lowest BCUT2D eigenvalue weighted by atomic mass is 9.98. The molecule has 0 amide bonds. The Kier molecular flexibility index (Phi) is 2.88. The third-order valence-corrected chi connectivity index (χ3v) is 1.01. The molecule has 0 aromatic carbocycles. The second kappa shape index (κ2) is 2.97. The van der Waals surface area contributed by atoms with Crippen molar-refractivity contribution in [3.05, 3.63) is 0 Å². The Bertz CT molecular complexity index is 127. The number of nitrogens with two attached hydrogens (primary N) is 1. The highest BCUT2D eigenvalue weighted by molar-refractivity contribution is 4.82. The summed E-state index contributed by atoms with van der Waals surface area (Å²) in [6, 6.07) is 0. The molecule has 0 atom stereocenters. The van der Waals surface area contributed by atoms with E-state index in [1.54, 1.807) is 0 Å². The Morgan fingerprint density at radius 1 is 1.27 bits per heavy atom.